The first-order valence-electron chi connectivity index (χ1n) is 7.11. The van der Waals surface area contributed by atoms with Crippen molar-refractivity contribution in [2.75, 3.05) is 17.7 Å². The molecule has 0 unspecified atom stereocenters. The molecule has 1 aromatic carbocycles. The maximum Gasteiger partial charge on any atom is 0.411 e. The van der Waals surface area contributed by atoms with Crippen LogP contribution in [0.1, 0.15) is 18.7 Å². The molecule has 5 nitrogen and oxygen atoms in total. The Labute approximate surface area is 148 Å². The number of carbonyl (C=O) groups excluding carboxylic acids is 1. The van der Waals surface area contributed by atoms with Gasteiger partial charge >= 0.3 is 6.09 Å². The summed E-state index contributed by atoms with van der Waals surface area (Å²) in [5.41, 5.74) is 1.48. The first-order chi connectivity index (χ1) is 11.0. The molecular weight excluding hydrogens is 380 g/mol. The lowest BCUT2D eigenvalue weighted by Crippen LogP contribution is -2.18. The van der Waals surface area contributed by atoms with Crippen molar-refractivity contribution in [3.8, 4) is 5.75 Å². The van der Waals surface area contributed by atoms with Crippen LogP contribution in [0.4, 0.5) is 16.2 Å². The zero-order valence-electron chi connectivity index (χ0n) is 13.2. The summed E-state index contributed by atoms with van der Waals surface area (Å²) in [5.74, 6) is 0.572. The number of thiophene rings is 1. The summed E-state index contributed by atoms with van der Waals surface area (Å²) in [6, 6.07) is 9.60. The second-order valence-electron chi connectivity index (χ2n) is 5.05. The number of ether oxygens (including phenoxy) is 2. The number of rotatable bonds is 6. The van der Waals surface area contributed by atoms with Crippen LogP contribution in [0.5, 0.6) is 5.75 Å². The monoisotopic (exact) mass is 398 g/mol. The summed E-state index contributed by atoms with van der Waals surface area (Å²) in [5, 5.41) is 6.01. The summed E-state index contributed by atoms with van der Waals surface area (Å²) >= 11 is 5.13. The standard InChI is InChI=1S/C16H19BrN2O3S/c1-10(2)22-16(20)19-13-6-4-11(8-14(13)21-3)18-9-12-5-7-15(17)23-12/h4-8,10,18H,9H2,1-3H3,(H,19,20). The van der Waals surface area contributed by atoms with E-state index in [9.17, 15) is 4.79 Å². The number of hydrogen-bond acceptors (Lipinski definition) is 5. The molecule has 0 radical (unpaired) electrons. The Hall–Kier alpha value is -1.73. The Morgan fingerprint density at radius 2 is 2.09 bits per heavy atom. The largest absolute Gasteiger partial charge is 0.494 e. The van der Waals surface area contributed by atoms with Gasteiger partial charge in [0.15, 0.2) is 0 Å². The zero-order valence-corrected chi connectivity index (χ0v) is 15.6. The van der Waals surface area contributed by atoms with E-state index in [0.29, 0.717) is 11.4 Å². The third-order valence-electron chi connectivity index (χ3n) is 2.88. The van der Waals surface area contributed by atoms with Crippen LogP contribution in [-0.4, -0.2) is 19.3 Å². The second-order valence-corrected chi connectivity index (χ2v) is 7.60. The van der Waals surface area contributed by atoms with Gasteiger partial charge in [-0.3, -0.25) is 5.32 Å². The number of amides is 1. The molecule has 1 aromatic heterocycles. The molecule has 1 amide bonds. The van der Waals surface area contributed by atoms with Gasteiger partial charge in [0, 0.05) is 23.2 Å². The van der Waals surface area contributed by atoms with E-state index in [1.807, 2.05) is 18.2 Å². The highest BCUT2D eigenvalue weighted by Gasteiger charge is 2.10. The molecule has 0 aliphatic carbocycles. The third-order valence-corrected chi connectivity index (χ3v) is 4.50. The lowest BCUT2D eigenvalue weighted by Gasteiger charge is -2.14. The lowest BCUT2D eigenvalue weighted by molar-refractivity contribution is 0.130. The molecule has 0 atom stereocenters. The Kier molecular flexibility index (Phi) is 6.29. The Morgan fingerprint density at radius 1 is 1.30 bits per heavy atom. The highest BCUT2D eigenvalue weighted by Crippen LogP contribution is 2.29. The van der Waals surface area contributed by atoms with Gasteiger partial charge in [-0.2, -0.15) is 0 Å². The average molecular weight is 399 g/mol. The summed E-state index contributed by atoms with van der Waals surface area (Å²) < 4.78 is 11.5. The number of anilines is 2. The minimum absolute atomic E-state index is 0.174. The number of nitrogens with one attached hydrogen (secondary N) is 2. The average Bonchev–Trinajstić information content (AvgIpc) is 2.91. The van der Waals surface area contributed by atoms with E-state index in [-0.39, 0.29) is 6.10 Å². The molecule has 2 aromatic rings. The number of halogens is 1. The van der Waals surface area contributed by atoms with E-state index in [4.69, 9.17) is 9.47 Å². The maximum absolute atomic E-state index is 11.7. The van der Waals surface area contributed by atoms with Gasteiger partial charge in [-0.05, 0) is 54.0 Å². The summed E-state index contributed by atoms with van der Waals surface area (Å²) in [6.45, 7) is 4.32. The molecule has 0 saturated carbocycles. The summed E-state index contributed by atoms with van der Waals surface area (Å²) in [4.78, 5) is 12.9. The van der Waals surface area contributed by atoms with Crippen molar-refractivity contribution in [2.45, 2.75) is 26.5 Å². The maximum atomic E-state index is 11.7. The topological polar surface area (TPSA) is 59.6 Å². The molecule has 23 heavy (non-hydrogen) atoms. The Balaban J connectivity index is 2.02. The molecule has 2 rings (SSSR count). The summed E-state index contributed by atoms with van der Waals surface area (Å²) in [6.07, 6.45) is -0.672. The molecule has 0 aliphatic rings. The van der Waals surface area contributed by atoms with Gasteiger partial charge in [-0.15, -0.1) is 11.3 Å². The van der Waals surface area contributed by atoms with Gasteiger partial charge in [-0.25, -0.2) is 4.79 Å². The van der Waals surface area contributed by atoms with E-state index in [2.05, 4.69) is 32.6 Å². The summed E-state index contributed by atoms with van der Waals surface area (Å²) in [7, 11) is 1.56. The minimum atomic E-state index is -0.498. The van der Waals surface area contributed by atoms with Crippen molar-refractivity contribution in [3.63, 3.8) is 0 Å². The first-order valence-corrected chi connectivity index (χ1v) is 8.72. The quantitative estimate of drug-likeness (QED) is 0.711. The van der Waals surface area contributed by atoms with Crippen molar-refractivity contribution in [1.29, 1.82) is 0 Å². The van der Waals surface area contributed by atoms with E-state index < -0.39 is 6.09 Å². The van der Waals surface area contributed by atoms with Gasteiger partial charge in [0.05, 0.1) is 22.7 Å². The van der Waals surface area contributed by atoms with Crippen molar-refractivity contribution in [3.05, 3.63) is 39.0 Å². The van der Waals surface area contributed by atoms with Crippen LogP contribution in [0.3, 0.4) is 0 Å². The van der Waals surface area contributed by atoms with Gasteiger partial charge in [-0.1, -0.05) is 0 Å². The van der Waals surface area contributed by atoms with Crippen LogP contribution in [-0.2, 0) is 11.3 Å². The Morgan fingerprint density at radius 3 is 2.70 bits per heavy atom. The molecule has 0 spiro atoms. The Bertz CT molecular complexity index is 673. The van der Waals surface area contributed by atoms with Gasteiger partial charge < -0.3 is 14.8 Å². The fourth-order valence-corrected chi connectivity index (χ4v) is 3.32. The second kappa shape index (κ2) is 8.21. The van der Waals surface area contributed by atoms with Crippen LogP contribution in [0, 0.1) is 0 Å². The molecular formula is C16H19BrN2O3S. The molecule has 124 valence electrons. The van der Waals surface area contributed by atoms with E-state index >= 15 is 0 Å². The molecule has 0 bridgehead atoms. The molecule has 0 aliphatic heterocycles. The zero-order chi connectivity index (χ0) is 16.8. The van der Waals surface area contributed by atoms with Crippen LogP contribution in [0.25, 0.3) is 0 Å². The van der Waals surface area contributed by atoms with E-state index in [1.165, 1.54) is 4.88 Å². The smallest absolute Gasteiger partial charge is 0.411 e. The van der Waals surface area contributed by atoms with Crippen molar-refractivity contribution in [2.24, 2.45) is 0 Å². The highest BCUT2D eigenvalue weighted by molar-refractivity contribution is 9.11. The predicted octanol–water partition coefficient (Wildman–Crippen LogP) is 5.09. The van der Waals surface area contributed by atoms with Crippen molar-refractivity contribution >= 4 is 44.7 Å². The molecule has 0 saturated heterocycles. The van der Waals surface area contributed by atoms with Gasteiger partial charge in [0.2, 0.25) is 0 Å². The first kappa shape index (κ1) is 17.6. The fourth-order valence-electron chi connectivity index (χ4n) is 1.89. The van der Waals surface area contributed by atoms with Crippen LogP contribution >= 0.6 is 27.3 Å². The van der Waals surface area contributed by atoms with Gasteiger partial charge in [0.25, 0.3) is 0 Å². The number of methoxy groups -OCH3 is 1. The van der Waals surface area contributed by atoms with Crippen LogP contribution in [0.2, 0.25) is 0 Å². The fraction of sp³-hybridized carbons (Fsp3) is 0.312. The minimum Gasteiger partial charge on any atom is -0.494 e. The molecule has 1 heterocycles. The molecule has 0 fully saturated rings. The van der Waals surface area contributed by atoms with Gasteiger partial charge in [0.1, 0.15) is 5.75 Å². The van der Waals surface area contributed by atoms with E-state index in [0.717, 1.165) is 16.0 Å². The predicted molar refractivity (Wildman–Crippen MR) is 97.6 cm³/mol. The third kappa shape index (κ3) is 5.44. The van der Waals surface area contributed by atoms with E-state index in [1.54, 1.807) is 38.4 Å². The van der Waals surface area contributed by atoms with Crippen LogP contribution < -0.4 is 15.4 Å². The number of hydrogen-bond donors (Lipinski definition) is 2. The SMILES string of the molecule is COc1cc(NCc2ccc(Br)s2)ccc1NC(=O)OC(C)C. The molecule has 7 heteroatoms. The number of carbonyl (C=O) groups is 1. The molecule has 2 N–H and O–H groups in total. The number of benzene rings is 1. The van der Waals surface area contributed by atoms with Crippen LogP contribution in [0.15, 0.2) is 34.1 Å². The highest BCUT2D eigenvalue weighted by atomic mass is 79.9. The normalized spacial score (nSPS) is 10.5. The van der Waals surface area contributed by atoms with Crippen molar-refractivity contribution in [1.82, 2.24) is 0 Å². The van der Waals surface area contributed by atoms with Crippen molar-refractivity contribution < 1.29 is 14.3 Å². The lowest BCUT2D eigenvalue weighted by atomic mass is 10.2.